The van der Waals surface area contributed by atoms with Gasteiger partial charge in [0.2, 0.25) is 10.0 Å². The van der Waals surface area contributed by atoms with E-state index in [1.54, 1.807) is 35.2 Å². The number of fused-ring (bicyclic) bond motifs is 1. The van der Waals surface area contributed by atoms with Crippen LogP contribution in [0, 0.1) is 0 Å². The van der Waals surface area contributed by atoms with Crippen molar-refractivity contribution in [3.8, 4) is 11.5 Å². The number of amides is 2. The molecule has 32 heavy (non-hydrogen) atoms. The largest absolute Gasteiger partial charge is 0.497 e. The number of nitrogens with one attached hydrogen (secondary N) is 1. The molecule has 0 aromatic heterocycles. The standard InChI is InChI=1S/C22H25N3O6S/c1-3-19-21(26)23-18-14-17(7-8-20(18)31-19)32(28,29)25-11-9-24(10-12-25)22(27)15-5-4-6-16(13-15)30-2/h4-8,13-14,19H,3,9-12H2,1-2H3,(H,23,26)/t19-/m0/s1. The van der Waals surface area contributed by atoms with E-state index in [0.717, 1.165) is 0 Å². The van der Waals surface area contributed by atoms with Gasteiger partial charge in [0.1, 0.15) is 11.5 Å². The van der Waals surface area contributed by atoms with Crippen molar-refractivity contribution in [3.63, 3.8) is 0 Å². The number of rotatable bonds is 5. The summed E-state index contributed by atoms with van der Waals surface area (Å²) in [5.41, 5.74) is 0.837. The summed E-state index contributed by atoms with van der Waals surface area (Å²) >= 11 is 0. The summed E-state index contributed by atoms with van der Waals surface area (Å²) in [5.74, 6) is 0.578. The van der Waals surface area contributed by atoms with Crippen LogP contribution in [-0.4, -0.2) is 68.8 Å². The summed E-state index contributed by atoms with van der Waals surface area (Å²) in [6.45, 7) is 2.75. The molecule has 0 saturated carbocycles. The zero-order valence-electron chi connectivity index (χ0n) is 17.9. The third-order valence-electron chi connectivity index (χ3n) is 5.62. The van der Waals surface area contributed by atoms with Crippen molar-refractivity contribution < 1.29 is 27.5 Å². The van der Waals surface area contributed by atoms with Gasteiger partial charge in [0.05, 0.1) is 17.7 Å². The molecule has 0 radical (unpaired) electrons. The number of benzene rings is 2. The Kier molecular flexibility index (Phi) is 6.07. The number of hydrogen-bond donors (Lipinski definition) is 1. The van der Waals surface area contributed by atoms with E-state index in [4.69, 9.17) is 9.47 Å². The third-order valence-corrected chi connectivity index (χ3v) is 7.52. The summed E-state index contributed by atoms with van der Waals surface area (Å²) in [6, 6.07) is 11.3. The minimum absolute atomic E-state index is 0.0719. The average molecular weight is 460 g/mol. The Hall–Kier alpha value is -3.11. The van der Waals surface area contributed by atoms with Crippen LogP contribution in [0.1, 0.15) is 23.7 Å². The smallest absolute Gasteiger partial charge is 0.265 e. The number of methoxy groups -OCH3 is 1. The highest BCUT2D eigenvalue weighted by molar-refractivity contribution is 7.89. The Balaban J connectivity index is 1.46. The van der Waals surface area contributed by atoms with Crippen LogP contribution in [0.25, 0.3) is 0 Å². The SMILES string of the molecule is CC[C@@H]1Oc2ccc(S(=O)(=O)N3CCN(C(=O)c4cccc(OC)c4)CC3)cc2NC1=O. The second-order valence-electron chi connectivity index (χ2n) is 7.59. The minimum atomic E-state index is -3.79. The van der Waals surface area contributed by atoms with Crippen LogP contribution < -0.4 is 14.8 Å². The lowest BCUT2D eigenvalue weighted by Gasteiger charge is -2.34. The van der Waals surface area contributed by atoms with Crippen LogP contribution >= 0.6 is 0 Å². The maximum Gasteiger partial charge on any atom is 0.265 e. The predicted octanol–water partition coefficient (Wildman–Crippen LogP) is 1.95. The fourth-order valence-corrected chi connectivity index (χ4v) is 5.23. The first-order valence-corrected chi connectivity index (χ1v) is 11.8. The lowest BCUT2D eigenvalue weighted by molar-refractivity contribution is -0.123. The van der Waals surface area contributed by atoms with E-state index in [0.29, 0.717) is 29.2 Å². The summed E-state index contributed by atoms with van der Waals surface area (Å²) in [6.07, 6.45) is -0.0653. The minimum Gasteiger partial charge on any atom is -0.497 e. The highest BCUT2D eigenvalue weighted by Crippen LogP contribution is 2.33. The maximum atomic E-state index is 13.2. The molecular formula is C22H25N3O6S. The zero-order chi connectivity index (χ0) is 22.9. The monoisotopic (exact) mass is 459 g/mol. The number of nitrogens with zero attached hydrogens (tertiary/aromatic N) is 2. The lowest BCUT2D eigenvalue weighted by atomic mass is 10.1. The number of ether oxygens (including phenoxy) is 2. The van der Waals surface area contributed by atoms with Crippen LogP contribution in [0.15, 0.2) is 47.4 Å². The van der Waals surface area contributed by atoms with Crippen molar-refractivity contribution in [2.75, 3.05) is 38.6 Å². The Labute approximate surface area is 187 Å². The Morgan fingerprint density at radius 1 is 1.16 bits per heavy atom. The first-order chi connectivity index (χ1) is 15.3. The number of piperazine rings is 1. The van der Waals surface area contributed by atoms with E-state index >= 15 is 0 Å². The molecule has 2 amide bonds. The molecule has 4 rings (SSSR count). The molecule has 9 nitrogen and oxygen atoms in total. The number of carbonyl (C=O) groups is 2. The molecule has 2 aliphatic heterocycles. The van der Waals surface area contributed by atoms with Crippen molar-refractivity contribution >= 4 is 27.5 Å². The van der Waals surface area contributed by atoms with Crippen LogP contribution in [0.4, 0.5) is 5.69 Å². The number of anilines is 1. The molecule has 1 saturated heterocycles. The molecule has 2 aromatic carbocycles. The molecule has 0 spiro atoms. The zero-order valence-corrected chi connectivity index (χ0v) is 18.7. The summed E-state index contributed by atoms with van der Waals surface area (Å²) in [7, 11) is -2.25. The topological polar surface area (TPSA) is 105 Å². The number of carbonyl (C=O) groups excluding carboxylic acids is 2. The van der Waals surface area contributed by atoms with Gasteiger partial charge in [-0.25, -0.2) is 8.42 Å². The van der Waals surface area contributed by atoms with Gasteiger partial charge in [0.25, 0.3) is 11.8 Å². The van der Waals surface area contributed by atoms with Gasteiger partial charge in [-0.1, -0.05) is 13.0 Å². The maximum absolute atomic E-state index is 13.2. The number of sulfonamides is 1. The van der Waals surface area contributed by atoms with Crippen molar-refractivity contribution in [1.29, 1.82) is 0 Å². The normalized spacial score (nSPS) is 19.0. The van der Waals surface area contributed by atoms with Crippen LogP contribution in [0.2, 0.25) is 0 Å². The van der Waals surface area contributed by atoms with Crippen LogP contribution in [0.3, 0.4) is 0 Å². The van der Waals surface area contributed by atoms with Crippen LogP contribution in [0.5, 0.6) is 11.5 Å². The third kappa shape index (κ3) is 4.15. The van der Waals surface area contributed by atoms with Crippen molar-refractivity contribution in [3.05, 3.63) is 48.0 Å². The molecule has 2 aromatic rings. The van der Waals surface area contributed by atoms with Gasteiger partial charge < -0.3 is 19.7 Å². The van der Waals surface area contributed by atoms with E-state index in [-0.39, 0.29) is 42.9 Å². The van der Waals surface area contributed by atoms with Gasteiger partial charge in [0.15, 0.2) is 6.10 Å². The first-order valence-electron chi connectivity index (χ1n) is 10.4. The fourth-order valence-electron chi connectivity index (χ4n) is 3.78. The molecule has 1 fully saturated rings. The Bertz CT molecular complexity index is 1140. The van der Waals surface area contributed by atoms with Crippen molar-refractivity contribution in [1.82, 2.24) is 9.21 Å². The summed E-state index contributed by atoms with van der Waals surface area (Å²) in [5, 5.41) is 2.72. The summed E-state index contributed by atoms with van der Waals surface area (Å²) < 4.78 is 38.5. The van der Waals surface area contributed by atoms with E-state index < -0.39 is 16.1 Å². The lowest BCUT2D eigenvalue weighted by Crippen LogP contribution is -2.50. The molecule has 0 unspecified atom stereocenters. The number of hydrogen-bond acceptors (Lipinski definition) is 6. The molecular weight excluding hydrogens is 434 g/mol. The van der Waals surface area contributed by atoms with Gasteiger partial charge in [-0.2, -0.15) is 4.31 Å². The quantitative estimate of drug-likeness (QED) is 0.733. The van der Waals surface area contributed by atoms with Crippen molar-refractivity contribution in [2.45, 2.75) is 24.3 Å². The van der Waals surface area contributed by atoms with E-state index in [1.807, 2.05) is 6.92 Å². The van der Waals surface area contributed by atoms with Gasteiger partial charge >= 0.3 is 0 Å². The predicted molar refractivity (Wildman–Crippen MR) is 117 cm³/mol. The van der Waals surface area contributed by atoms with Gasteiger partial charge in [0, 0.05) is 31.7 Å². The van der Waals surface area contributed by atoms with Gasteiger partial charge in [-0.3, -0.25) is 9.59 Å². The van der Waals surface area contributed by atoms with E-state index in [9.17, 15) is 18.0 Å². The molecule has 10 heteroatoms. The second-order valence-corrected chi connectivity index (χ2v) is 9.53. The second kappa shape index (κ2) is 8.79. The first kappa shape index (κ1) is 22.1. The molecule has 170 valence electrons. The molecule has 1 N–H and O–H groups in total. The fraction of sp³-hybridized carbons (Fsp3) is 0.364. The molecule has 0 aliphatic carbocycles. The Morgan fingerprint density at radius 3 is 2.59 bits per heavy atom. The highest BCUT2D eigenvalue weighted by atomic mass is 32.2. The molecule has 2 aliphatic rings. The molecule has 2 heterocycles. The van der Waals surface area contributed by atoms with E-state index in [1.165, 1.54) is 23.5 Å². The van der Waals surface area contributed by atoms with Crippen LogP contribution in [-0.2, 0) is 14.8 Å². The molecule has 0 bridgehead atoms. The van der Waals surface area contributed by atoms with Gasteiger partial charge in [-0.15, -0.1) is 0 Å². The van der Waals surface area contributed by atoms with Crippen molar-refractivity contribution in [2.24, 2.45) is 0 Å². The van der Waals surface area contributed by atoms with E-state index in [2.05, 4.69) is 5.32 Å². The summed E-state index contributed by atoms with van der Waals surface area (Å²) in [4.78, 5) is 26.6. The Morgan fingerprint density at radius 2 is 1.91 bits per heavy atom. The molecule has 1 atom stereocenters. The average Bonchev–Trinajstić information content (AvgIpc) is 2.82. The highest BCUT2D eigenvalue weighted by Gasteiger charge is 2.32. The van der Waals surface area contributed by atoms with Gasteiger partial charge in [-0.05, 0) is 42.8 Å².